The smallest absolute Gasteiger partial charge is 0.0707 e. The minimum Gasteiger partial charge on any atom is -0.372 e. The molecule has 3 unspecified atom stereocenters. The first-order valence-corrected chi connectivity index (χ1v) is 7.34. The second-order valence-electron chi connectivity index (χ2n) is 5.97. The number of benzene rings is 1. The summed E-state index contributed by atoms with van der Waals surface area (Å²) in [4.78, 5) is 2.54. The number of morpholine rings is 1. The number of aryl methyl sites for hydroxylation is 2. The molecule has 0 aromatic heterocycles. The molecule has 19 heavy (non-hydrogen) atoms. The molecule has 3 atom stereocenters. The summed E-state index contributed by atoms with van der Waals surface area (Å²) in [6.45, 7) is 7.14. The van der Waals surface area contributed by atoms with Crippen LogP contribution in [0, 0.1) is 13.8 Å². The third-order valence-corrected chi connectivity index (χ3v) is 4.61. The van der Waals surface area contributed by atoms with Gasteiger partial charge in [0.15, 0.2) is 0 Å². The summed E-state index contributed by atoms with van der Waals surface area (Å²) in [7, 11) is 0. The molecule has 3 nitrogen and oxygen atoms in total. The Kier molecular flexibility index (Phi) is 3.61. The van der Waals surface area contributed by atoms with E-state index in [0.717, 1.165) is 13.1 Å². The molecule has 104 valence electrons. The Hall–Kier alpha value is -0.900. The van der Waals surface area contributed by atoms with Crippen molar-refractivity contribution in [1.82, 2.24) is 4.90 Å². The molecule has 2 aliphatic heterocycles. The molecule has 0 aliphatic carbocycles. The predicted molar refractivity (Wildman–Crippen MR) is 77.2 cm³/mol. The van der Waals surface area contributed by atoms with Crippen LogP contribution >= 0.6 is 0 Å². The lowest BCUT2D eigenvalue weighted by atomic mass is 9.94. The second kappa shape index (κ2) is 5.23. The number of hydrogen-bond acceptors (Lipinski definition) is 3. The van der Waals surface area contributed by atoms with Gasteiger partial charge in [-0.2, -0.15) is 0 Å². The summed E-state index contributed by atoms with van der Waals surface area (Å²) >= 11 is 0. The highest BCUT2D eigenvalue weighted by molar-refractivity contribution is 5.36. The molecule has 1 aromatic rings. The molecule has 2 fully saturated rings. The van der Waals surface area contributed by atoms with Crippen LogP contribution in [-0.2, 0) is 4.74 Å². The van der Waals surface area contributed by atoms with Crippen molar-refractivity contribution in [3.8, 4) is 0 Å². The van der Waals surface area contributed by atoms with E-state index >= 15 is 0 Å². The van der Waals surface area contributed by atoms with Gasteiger partial charge in [0.2, 0.25) is 0 Å². The maximum absolute atomic E-state index is 6.10. The van der Waals surface area contributed by atoms with Crippen LogP contribution in [0.2, 0.25) is 0 Å². The van der Waals surface area contributed by atoms with Crippen LogP contribution in [0.1, 0.15) is 35.6 Å². The zero-order chi connectivity index (χ0) is 13.4. The Morgan fingerprint density at radius 2 is 1.79 bits per heavy atom. The second-order valence-corrected chi connectivity index (χ2v) is 5.97. The van der Waals surface area contributed by atoms with Crippen LogP contribution in [0.5, 0.6) is 0 Å². The number of nitrogens with zero attached hydrogens (tertiary/aromatic N) is 1. The van der Waals surface area contributed by atoms with E-state index in [-0.39, 0.29) is 0 Å². The third kappa shape index (κ3) is 2.42. The maximum atomic E-state index is 6.10. The maximum Gasteiger partial charge on any atom is 0.0707 e. The van der Waals surface area contributed by atoms with Gasteiger partial charge in [-0.3, -0.25) is 4.90 Å². The summed E-state index contributed by atoms with van der Waals surface area (Å²) in [6, 6.07) is 6.86. The van der Waals surface area contributed by atoms with E-state index in [2.05, 4.69) is 36.9 Å². The van der Waals surface area contributed by atoms with E-state index in [0.29, 0.717) is 24.8 Å². The van der Waals surface area contributed by atoms with Crippen LogP contribution in [0.4, 0.5) is 0 Å². The van der Waals surface area contributed by atoms with Crippen LogP contribution < -0.4 is 5.73 Å². The van der Waals surface area contributed by atoms with Crippen molar-refractivity contribution in [3.05, 3.63) is 34.9 Å². The van der Waals surface area contributed by atoms with Crippen molar-refractivity contribution in [2.75, 3.05) is 19.6 Å². The SMILES string of the molecule is Cc1cccc(C)c1C(CN)N1CC2CCC(C1)O2. The van der Waals surface area contributed by atoms with Crippen LogP contribution in [0.3, 0.4) is 0 Å². The number of hydrogen-bond donors (Lipinski definition) is 1. The Morgan fingerprint density at radius 1 is 1.21 bits per heavy atom. The van der Waals surface area contributed by atoms with Gasteiger partial charge in [-0.15, -0.1) is 0 Å². The van der Waals surface area contributed by atoms with Gasteiger partial charge in [-0.05, 0) is 43.4 Å². The summed E-state index contributed by atoms with van der Waals surface area (Å²) in [5, 5.41) is 0. The largest absolute Gasteiger partial charge is 0.372 e. The van der Waals surface area contributed by atoms with Gasteiger partial charge in [0.25, 0.3) is 0 Å². The fourth-order valence-corrected chi connectivity index (χ4v) is 3.70. The van der Waals surface area contributed by atoms with E-state index in [4.69, 9.17) is 10.5 Å². The average Bonchev–Trinajstić information content (AvgIpc) is 2.73. The first kappa shape index (κ1) is 13.1. The first-order valence-electron chi connectivity index (χ1n) is 7.34. The lowest BCUT2D eigenvalue weighted by Gasteiger charge is -2.38. The van der Waals surface area contributed by atoms with Crippen LogP contribution in [-0.4, -0.2) is 36.7 Å². The van der Waals surface area contributed by atoms with Crippen molar-refractivity contribution in [2.45, 2.75) is 44.9 Å². The highest BCUT2D eigenvalue weighted by Crippen LogP contribution is 2.33. The Labute approximate surface area is 115 Å². The van der Waals surface area contributed by atoms with Crippen molar-refractivity contribution >= 4 is 0 Å². The highest BCUT2D eigenvalue weighted by atomic mass is 16.5. The van der Waals surface area contributed by atoms with Crippen molar-refractivity contribution in [1.29, 1.82) is 0 Å². The van der Waals surface area contributed by atoms with E-state index in [1.807, 2.05) is 0 Å². The van der Waals surface area contributed by atoms with Gasteiger partial charge in [-0.1, -0.05) is 18.2 Å². The number of likely N-dealkylation sites (tertiary alicyclic amines) is 1. The third-order valence-electron chi connectivity index (χ3n) is 4.61. The first-order chi connectivity index (χ1) is 9.19. The van der Waals surface area contributed by atoms with Crippen LogP contribution in [0.25, 0.3) is 0 Å². The van der Waals surface area contributed by atoms with Gasteiger partial charge < -0.3 is 10.5 Å². The molecule has 3 heteroatoms. The van der Waals surface area contributed by atoms with Crippen molar-refractivity contribution in [3.63, 3.8) is 0 Å². The van der Waals surface area contributed by atoms with Crippen molar-refractivity contribution < 1.29 is 4.74 Å². The van der Waals surface area contributed by atoms with Crippen LogP contribution in [0.15, 0.2) is 18.2 Å². The Bertz CT molecular complexity index is 428. The minimum absolute atomic E-state index is 0.341. The molecular weight excluding hydrogens is 236 g/mol. The quantitative estimate of drug-likeness (QED) is 0.905. The highest BCUT2D eigenvalue weighted by Gasteiger charge is 2.37. The predicted octanol–water partition coefficient (Wildman–Crippen LogP) is 2.17. The van der Waals surface area contributed by atoms with Crippen molar-refractivity contribution in [2.24, 2.45) is 5.73 Å². The van der Waals surface area contributed by atoms with E-state index in [9.17, 15) is 0 Å². The monoisotopic (exact) mass is 260 g/mol. The zero-order valence-electron chi connectivity index (χ0n) is 11.9. The van der Waals surface area contributed by atoms with E-state index in [1.165, 1.54) is 29.5 Å². The standard InChI is InChI=1S/C16H24N2O/c1-11-4-3-5-12(2)16(11)15(8-17)18-9-13-6-7-14(10-18)19-13/h3-5,13-15H,6-10,17H2,1-2H3. The molecule has 2 aliphatic rings. The minimum atomic E-state index is 0.341. The Balaban J connectivity index is 1.88. The van der Waals surface area contributed by atoms with Gasteiger partial charge in [-0.25, -0.2) is 0 Å². The molecule has 0 spiro atoms. The molecule has 2 bridgehead atoms. The molecule has 2 saturated heterocycles. The number of rotatable bonds is 3. The van der Waals surface area contributed by atoms with Gasteiger partial charge in [0.05, 0.1) is 12.2 Å². The molecule has 0 radical (unpaired) electrons. The molecule has 2 heterocycles. The number of nitrogens with two attached hydrogens (primary N) is 1. The fraction of sp³-hybridized carbons (Fsp3) is 0.625. The number of fused-ring (bicyclic) bond motifs is 2. The molecule has 1 aromatic carbocycles. The Morgan fingerprint density at radius 3 is 2.32 bits per heavy atom. The lowest BCUT2D eigenvalue weighted by Crippen LogP contribution is -2.46. The molecule has 2 N–H and O–H groups in total. The van der Waals surface area contributed by atoms with E-state index < -0.39 is 0 Å². The van der Waals surface area contributed by atoms with Gasteiger partial charge in [0.1, 0.15) is 0 Å². The topological polar surface area (TPSA) is 38.5 Å². The summed E-state index contributed by atoms with van der Waals surface area (Å²) in [5.74, 6) is 0. The molecule has 3 rings (SSSR count). The molecule has 0 amide bonds. The fourth-order valence-electron chi connectivity index (χ4n) is 3.70. The summed E-state index contributed by atoms with van der Waals surface area (Å²) in [5.41, 5.74) is 10.2. The normalized spacial score (nSPS) is 28.6. The zero-order valence-corrected chi connectivity index (χ0v) is 11.9. The summed E-state index contributed by atoms with van der Waals surface area (Å²) < 4.78 is 5.94. The van der Waals surface area contributed by atoms with Gasteiger partial charge in [0, 0.05) is 25.7 Å². The summed E-state index contributed by atoms with van der Waals surface area (Å²) in [6.07, 6.45) is 3.28. The van der Waals surface area contributed by atoms with E-state index in [1.54, 1.807) is 0 Å². The average molecular weight is 260 g/mol. The number of ether oxygens (including phenoxy) is 1. The van der Waals surface area contributed by atoms with Gasteiger partial charge >= 0.3 is 0 Å². The molecular formula is C16H24N2O. The molecule has 0 saturated carbocycles. The lowest BCUT2D eigenvalue weighted by molar-refractivity contribution is -0.0522.